The number of methoxy groups -OCH3 is 1. The van der Waals surface area contributed by atoms with E-state index in [0.717, 1.165) is 18.5 Å². The van der Waals surface area contributed by atoms with Crippen molar-refractivity contribution in [2.75, 3.05) is 26.8 Å². The van der Waals surface area contributed by atoms with Crippen molar-refractivity contribution >= 4 is 5.91 Å². The Bertz CT molecular complexity index is 380. The number of benzene rings is 1. The van der Waals surface area contributed by atoms with Crippen LogP contribution in [0.2, 0.25) is 0 Å². The molecule has 4 nitrogen and oxygen atoms in total. The average Bonchev–Trinajstić information content (AvgIpc) is 2.77. The predicted octanol–water partition coefficient (Wildman–Crippen LogP) is 1.45. The zero-order chi connectivity index (χ0) is 12.8. The Morgan fingerprint density at radius 3 is 2.78 bits per heavy atom. The first-order valence-corrected chi connectivity index (χ1v) is 6.24. The molecule has 4 heteroatoms. The Morgan fingerprint density at radius 1 is 1.33 bits per heavy atom. The number of hydrogen-bond donors (Lipinski definition) is 0. The van der Waals surface area contributed by atoms with Crippen molar-refractivity contribution in [1.29, 1.82) is 0 Å². The lowest BCUT2D eigenvalue weighted by Crippen LogP contribution is -2.32. The van der Waals surface area contributed by atoms with E-state index in [9.17, 15) is 4.79 Å². The summed E-state index contributed by atoms with van der Waals surface area (Å²) < 4.78 is 10.7. The van der Waals surface area contributed by atoms with Crippen molar-refractivity contribution in [2.45, 2.75) is 19.1 Å². The molecule has 1 aromatic rings. The van der Waals surface area contributed by atoms with Gasteiger partial charge in [-0.2, -0.15) is 0 Å². The van der Waals surface area contributed by atoms with Crippen LogP contribution in [0.3, 0.4) is 0 Å². The zero-order valence-corrected chi connectivity index (χ0v) is 10.7. The topological polar surface area (TPSA) is 38.8 Å². The van der Waals surface area contributed by atoms with E-state index in [1.165, 1.54) is 0 Å². The fourth-order valence-corrected chi connectivity index (χ4v) is 2.09. The Morgan fingerprint density at radius 2 is 2.11 bits per heavy atom. The fourth-order valence-electron chi connectivity index (χ4n) is 2.09. The van der Waals surface area contributed by atoms with Crippen molar-refractivity contribution in [1.82, 2.24) is 4.90 Å². The SMILES string of the molecule is COC1CCN(CCOCc2ccccc2)C1=O. The van der Waals surface area contributed by atoms with Gasteiger partial charge in [-0.05, 0) is 5.56 Å². The summed E-state index contributed by atoms with van der Waals surface area (Å²) in [6, 6.07) is 10.0. The van der Waals surface area contributed by atoms with E-state index < -0.39 is 0 Å². The summed E-state index contributed by atoms with van der Waals surface area (Å²) in [5.41, 5.74) is 1.15. The molecule has 1 heterocycles. The van der Waals surface area contributed by atoms with Gasteiger partial charge < -0.3 is 14.4 Å². The highest BCUT2D eigenvalue weighted by molar-refractivity contribution is 5.82. The van der Waals surface area contributed by atoms with Crippen molar-refractivity contribution in [3.8, 4) is 0 Å². The van der Waals surface area contributed by atoms with Crippen LogP contribution in [-0.4, -0.2) is 43.7 Å². The second-order valence-corrected chi connectivity index (χ2v) is 4.38. The second-order valence-electron chi connectivity index (χ2n) is 4.38. The minimum atomic E-state index is -0.251. The molecule has 2 rings (SSSR count). The van der Waals surface area contributed by atoms with Gasteiger partial charge in [0.1, 0.15) is 6.10 Å². The van der Waals surface area contributed by atoms with Crippen LogP contribution in [0.25, 0.3) is 0 Å². The zero-order valence-electron chi connectivity index (χ0n) is 10.7. The summed E-state index contributed by atoms with van der Waals surface area (Å²) in [7, 11) is 1.58. The molecule has 98 valence electrons. The largest absolute Gasteiger partial charge is 0.375 e. The molecule has 1 aliphatic rings. The smallest absolute Gasteiger partial charge is 0.251 e. The Hall–Kier alpha value is -1.39. The third-order valence-corrected chi connectivity index (χ3v) is 3.15. The van der Waals surface area contributed by atoms with Crippen LogP contribution >= 0.6 is 0 Å². The molecule has 0 aliphatic carbocycles. The van der Waals surface area contributed by atoms with Crippen molar-refractivity contribution in [3.63, 3.8) is 0 Å². The van der Waals surface area contributed by atoms with Crippen molar-refractivity contribution in [2.24, 2.45) is 0 Å². The molecule has 18 heavy (non-hydrogen) atoms. The monoisotopic (exact) mass is 249 g/mol. The van der Waals surface area contributed by atoms with Crippen LogP contribution < -0.4 is 0 Å². The van der Waals surface area contributed by atoms with E-state index in [-0.39, 0.29) is 12.0 Å². The van der Waals surface area contributed by atoms with Gasteiger partial charge in [0, 0.05) is 26.6 Å². The number of carbonyl (C=O) groups excluding carboxylic acids is 1. The number of carbonyl (C=O) groups is 1. The van der Waals surface area contributed by atoms with Crippen LogP contribution in [0.5, 0.6) is 0 Å². The maximum atomic E-state index is 11.7. The molecule has 1 fully saturated rings. The number of rotatable bonds is 6. The van der Waals surface area contributed by atoms with Crippen molar-refractivity contribution < 1.29 is 14.3 Å². The first-order valence-electron chi connectivity index (χ1n) is 6.24. The normalized spacial score (nSPS) is 19.5. The number of hydrogen-bond acceptors (Lipinski definition) is 3. The van der Waals surface area contributed by atoms with Crippen LogP contribution in [0.1, 0.15) is 12.0 Å². The van der Waals surface area contributed by atoms with E-state index in [4.69, 9.17) is 9.47 Å². The van der Waals surface area contributed by atoms with Gasteiger partial charge in [0.25, 0.3) is 5.91 Å². The van der Waals surface area contributed by atoms with Crippen LogP contribution in [0.15, 0.2) is 30.3 Å². The van der Waals surface area contributed by atoms with Gasteiger partial charge in [-0.3, -0.25) is 4.79 Å². The standard InChI is InChI=1S/C14H19NO3/c1-17-13-7-8-15(14(13)16)9-10-18-11-12-5-3-2-4-6-12/h2-6,13H,7-11H2,1H3. The molecule has 1 unspecified atom stereocenters. The van der Waals surface area contributed by atoms with Gasteiger partial charge in [0.05, 0.1) is 13.2 Å². The average molecular weight is 249 g/mol. The molecular formula is C14H19NO3. The molecule has 1 amide bonds. The summed E-state index contributed by atoms with van der Waals surface area (Å²) in [5.74, 6) is 0.0841. The van der Waals surface area contributed by atoms with E-state index >= 15 is 0 Å². The van der Waals surface area contributed by atoms with E-state index in [1.807, 2.05) is 30.3 Å². The Labute approximate surface area is 107 Å². The van der Waals surface area contributed by atoms with Gasteiger partial charge in [-0.25, -0.2) is 0 Å². The summed E-state index contributed by atoms with van der Waals surface area (Å²) in [6.45, 7) is 2.57. The minimum Gasteiger partial charge on any atom is -0.375 e. The first kappa shape index (κ1) is 13.1. The molecular weight excluding hydrogens is 230 g/mol. The van der Waals surface area contributed by atoms with Crippen LogP contribution in [0, 0.1) is 0 Å². The van der Waals surface area contributed by atoms with Gasteiger partial charge in [-0.15, -0.1) is 0 Å². The maximum Gasteiger partial charge on any atom is 0.251 e. The highest BCUT2D eigenvalue weighted by Crippen LogP contribution is 2.13. The molecule has 0 bridgehead atoms. The highest BCUT2D eigenvalue weighted by atomic mass is 16.5. The molecule has 0 aromatic heterocycles. The van der Waals surface area contributed by atoms with Gasteiger partial charge >= 0.3 is 0 Å². The van der Waals surface area contributed by atoms with Gasteiger partial charge in [0.15, 0.2) is 0 Å². The maximum absolute atomic E-state index is 11.7. The van der Waals surface area contributed by atoms with Crippen LogP contribution in [-0.2, 0) is 20.9 Å². The van der Waals surface area contributed by atoms with Gasteiger partial charge in [-0.1, -0.05) is 30.3 Å². The quantitative estimate of drug-likeness (QED) is 0.716. The second kappa shape index (κ2) is 6.52. The lowest BCUT2D eigenvalue weighted by molar-refractivity contribution is -0.136. The van der Waals surface area contributed by atoms with E-state index in [1.54, 1.807) is 12.0 Å². The number of nitrogens with zero attached hydrogens (tertiary/aromatic N) is 1. The lowest BCUT2D eigenvalue weighted by atomic mass is 10.2. The van der Waals surface area contributed by atoms with E-state index in [2.05, 4.69) is 0 Å². The van der Waals surface area contributed by atoms with Crippen molar-refractivity contribution in [3.05, 3.63) is 35.9 Å². The fraction of sp³-hybridized carbons (Fsp3) is 0.500. The van der Waals surface area contributed by atoms with Gasteiger partial charge in [0.2, 0.25) is 0 Å². The Kier molecular flexibility index (Phi) is 4.73. The third kappa shape index (κ3) is 3.31. The number of amides is 1. The van der Waals surface area contributed by atoms with Crippen LogP contribution in [0.4, 0.5) is 0 Å². The molecule has 0 saturated carbocycles. The minimum absolute atomic E-state index is 0.0841. The summed E-state index contributed by atoms with van der Waals surface area (Å²) in [4.78, 5) is 13.6. The highest BCUT2D eigenvalue weighted by Gasteiger charge is 2.30. The third-order valence-electron chi connectivity index (χ3n) is 3.15. The Balaban J connectivity index is 1.66. The molecule has 1 atom stereocenters. The number of ether oxygens (including phenoxy) is 2. The first-order chi connectivity index (χ1) is 8.81. The summed E-state index contributed by atoms with van der Waals surface area (Å²) >= 11 is 0. The number of likely N-dealkylation sites (tertiary alicyclic amines) is 1. The summed E-state index contributed by atoms with van der Waals surface area (Å²) in [6.07, 6.45) is 0.535. The molecule has 0 radical (unpaired) electrons. The molecule has 1 aliphatic heterocycles. The molecule has 1 saturated heterocycles. The van der Waals surface area contributed by atoms with E-state index in [0.29, 0.717) is 19.8 Å². The summed E-state index contributed by atoms with van der Waals surface area (Å²) in [5, 5.41) is 0. The predicted molar refractivity (Wildman–Crippen MR) is 68.1 cm³/mol. The molecule has 1 aromatic carbocycles. The molecule has 0 spiro atoms. The molecule has 0 N–H and O–H groups in total. The lowest BCUT2D eigenvalue weighted by Gasteiger charge is -2.16.